The Morgan fingerprint density at radius 2 is 2.00 bits per heavy atom. The van der Waals surface area contributed by atoms with Gasteiger partial charge in [0.25, 0.3) is 0 Å². The highest BCUT2D eigenvalue weighted by atomic mass is 35.5. The Kier molecular flexibility index (Phi) is 4.77. The standard InChI is InChI=1S/C14H19Cl2NO/c1-3-5-11-13(17-8-4-2)9-6-7-10(15)12(16)14(9)18-11/h6-7,11,13,17H,3-5,8H2,1-2H3. The molecule has 1 heterocycles. The molecule has 1 aliphatic heterocycles. The van der Waals surface area contributed by atoms with Crippen LogP contribution in [-0.2, 0) is 0 Å². The van der Waals surface area contributed by atoms with Gasteiger partial charge in [-0.05, 0) is 25.5 Å². The lowest BCUT2D eigenvalue weighted by Gasteiger charge is -2.19. The zero-order valence-corrected chi connectivity index (χ0v) is 12.3. The van der Waals surface area contributed by atoms with E-state index in [1.54, 1.807) is 0 Å². The van der Waals surface area contributed by atoms with E-state index in [-0.39, 0.29) is 12.1 Å². The zero-order chi connectivity index (χ0) is 13.1. The zero-order valence-electron chi connectivity index (χ0n) is 10.8. The van der Waals surface area contributed by atoms with Gasteiger partial charge in [0, 0.05) is 5.56 Å². The highest BCUT2D eigenvalue weighted by Gasteiger charge is 2.35. The van der Waals surface area contributed by atoms with Gasteiger partial charge in [-0.3, -0.25) is 0 Å². The molecule has 100 valence electrons. The van der Waals surface area contributed by atoms with Crippen molar-refractivity contribution >= 4 is 23.2 Å². The van der Waals surface area contributed by atoms with E-state index in [2.05, 4.69) is 19.2 Å². The molecule has 1 aromatic rings. The molecule has 0 bridgehead atoms. The van der Waals surface area contributed by atoms with Crippen molar-refractivity contribution in [1.29, 1.82) is 0 Å². The normalized spacial score (nSPS) is 21.8. The number of ether oxygens (including phenoxy) is 1. The van der Waals surface area contributed by atoms with E-state index in [9.17, 15) is 0 Å². The van der Waals surface area contributed by atoms with Crippen molar-refractivity contribution in [3.63, 3.8) is 0 Å². The average molecular weight is 288 g/mol. The van der Waals surface area contributed by atoms with Crippen LogP contribution in [0.15, 0.2) is 12.1 Å². The van der Waals surface area contributed by atoms with Crippen molar-refractivity contribution in [1.82, 2.24) is 5.32 Å². The summed E-state index contributed by atoms with van der Waals surface area (Å²) < 4.78 is 5.99. The molecule has 18 heavy (non-hydrogen) atoms. The highest BCUT2D eigenvalue weighted by Crippen LogP contribution is 2.45. The quantitative estimate of drug-likeness (QED) is 0.855. The van der Waals surface area contributed by atoms with E-state index < -0.39 is 0 Å². The van der Waals surface area contributed by atoms with E-state index in [1.807, 2.05) is 12.1 Å². The van der Waals surface area contributed by atoms with Crippen molar-refractivity contribution < 1.29 is 4.74 Å². The summed E-state index contributed by atoms with van der Waals surface area (Å²) in [5.41, 5.74) is 1.14. The minimum absolute atomic E-state index is 0.160. The summed E-state index contributed by atoms with van der Waals surface area (Å²) in [5.74, 6) is 0.760. The second kappa shape index (κ2) is 6.14. The summed E-state index contributed by atoms with van der Waals surface area (Å²) >= 11 is 12.3. The molecule has 0 aromatic heterocycles. The Morgan fingerprint density at radius 3 is 2.67 bits per heavy atom. The molecule has 0 spiro atoms. The van der Waals surface area contributed by atoms with Crippen LogP contribution in [-0.4, -0.2) is 12.6 Å². The largest absolute Gasteiger partial charge is 0.486 e. The minimum Gasteiger partial charge on any atom is -0.486 e. The number of benzene rings is 1. The Labute approximate surface area is 119 Å². The summed E-state index contributed by atoms with van der Waals surface area (Å²) in [6.07, 6.45) is 3.37. The third-order valence-electron chi connectivity index (χ3n) is 3.24. The first-order chi connectivity index (χ1) is 8.69. The number of rotatable bonds is 5. The van der Waals surface area contributed by atoms with E-state index >= 15 is 0 Å². The Hall–Kier alpha value is -0.440. The maximum atomic E-state index is 6.22. The predicted octanol–water partition coefficient (Wildman–Crippen LogP) is 4.60. The molecule has 0 aliphatic carbocycles. The topological polar surface area (TPSA) is 21.3 Å². The van der Waals surface area contributed by atoms with Gasteiger partial charge in [-0.15, -0.1) is 0 Å². The fraction of sp³-hybridized carbons (Fsp3) is 0.571. The van der Waals surface area contributed by atoms with Crippen LogP contribution < -0.4 is 10.1 Å². The second-order valence-electron chi connectivity index (χ2n) is 4.66. The molecule has 2 rings (SSSR count). The Bertz CT molecular complexity index is 423. The fourth-order valence-electron chi connectivity index (χ4n) is 2.38. The molecule has 0 radical (unpaired) electrons. The Balaban J connectivity index is 2.29. The van der Waals surface area contributed by atoms with Gasteiger partial charge in [-0.1, -0.05) is 49.5 Å². The van der Waals surface area contributed by atoms with Gasteiger partial charge in [-0.25, -0.2) is 0 Å². The molecule has 1 aliphatic rings. The van der Waals surface area contributed by atoms with Crippen LogP contribution in [0, 0.1) is 0 Å². The first-order valence-electron chi connectivity index (χ1n) is 6.57. The van der Waals surface area contributed by atoms with E-state index in [4.69, 9.17) is 27.9 Å². The number of halogens is 2. The highest BCUT2D eigenvalue weighted by molar-refractivity contribution is 6.43. The van der Waals surface area contributed by atoms with Crippen LogP contribution in [0.25, 0.3) is 0 Å². The van der Waals surface area contributed by atoms with Crippen LogP contribution in [0.1, 0.15) is 44.7 Å². The first-order valence-corrected chi connectivity index (χ1v) is 7.32. The molecule has 0 amide bonds. The van der Waals surface area contributed by atoms with Crippen molar-refractivity contribution in [2.45, 2.75) is 45.3 Å². The van der Waals surface area contributed by atoms with Gasteiger partial charge in [0.2, 0.25) is 0 Å². The predicted molar refractivity (Wildman–Crippen MR) is 76.8 cm³/mol. The molecule has 2 nitrogen and oxygen atoms in total. The lowest BCUT2D eigenvalue weighted by Crippen LogP contribution is -2.31. The molecule has 2 unspecified atom stereocenters. The maximum absolute atomic E-state index is 6.22. The number of fused-ring (bicyclic) bond motifs is 1. The molecule has 0 saturated heterocycles. The van der Waals surface area contributed by atoms with Gasteiger partial charge in [0.05, 0.1) is 11.1 Å². The van der Waals surface area contributed by atoms with Crippen LogP contribution in [0.4, 0.5) is 0 Å². The van der Waals surface area contributed by atoms with Crippen molar-refractivity contribution in [2.24, 2.45) is 0 Å². The minimum atomic E-state index is 0.160. The fourth-order valence-corrected chi connectivity index (χ4v) is 2.75. The summed E-state index contributed by atoms with van der Waals surface area (Å²) in [7, 11) is 0. The molecular formula is C14H19Cl2NO. The van der Waals surface area contributed by atoms with E-state index in [0.29, 0.717) is 10.0 Å². The number of nitrogens with one attached hydrogen (secondary N) is 1. The molecule has 0 saturated carbocycles. The van der Waals surface area contributed by atoms with Crippen LogP contribution in [0.2, 0.25) is 10.0 Å². The summed E-state index contributed by atoms with van der Waals surface area (Å²) in [5, 5.41) is 4.64. The third-order valence-corrected chi connectivity index (χ3v) is 4.03. The lowest BCUT2D eigenvalue weighted by atomic mass is 10.0. The Morgan fingerprint density at radius 1 is 1.22 bits per heavy atom. The van der Waals surface area contributed by atoms with Gasteiger partial charge in [0.15, 0.2) is 0 Å². The second-order valence-corrected chi connectivity index (χ2v) is 5.44. The molecular weight excluding hydrogens is 269 g/mol. The van der Waals surface area contributed by atoms with Crippen molar-refractivity contribution in [3.05, 3.63) is 27.7 Å². The van der Waals surface area contributed by atoms with Crippen molar-refractivity contribution in [2.75, 3.05) is 6.54 Å². The van der Waals surface area contributed by atoms with Crippen LogP contribution >= 0.6 is 23.2 Å². The first kappa shape index (κ1) is 14.0. The van der Waals surface area contributed by atoms with Crippen molar-refractivity contribution in [3.8, 4) is 5.75 Å². The molecule has 2 atom stereocenters. The smallest absolute Gasteiger partial charge is 0.144 e. The lowest BCUT2D eigenvalue weighted by molar-refractivity contribution is 0.178. The third kappa shape index (κ3) is 2.61. The van der Waals surface area contributed by atoms with E-state index in [0.717, 1.165) is 37.1 Å². The van der Waals surface area contributed by atoms with Gasteiger partial charge < -0.3 is 10.1 Å². The van der Waals surface area contributed by atoms with Gasteiger partial charge >= 0.3 is 0 Å². The monoisotopic (exact) mass is 287 g/mol. The van der Waals surface area contributed by atoms with Gasteiger partial charge in [-0.2, -0.15) is 0 Å². The molecule has 1 aromatic carbocycles. The summed E-state index contributed by atoms with van der Waals surface area (Å²) in [6, 6.07) is 4.10. The summed E-state index contributed by atoms with van der Waals surface area (Å²) in [4.78, 5) is 0. The summed E-state index contributed by atoms with van der Waals surface area (Å²) in [6.45, 7) is 5.30. The maximum Gasteiger partial charge on any atom is 0.144 e. The van der Waals surface area contributed by atoms with E-state index in [1.165, 1.54) is 0 Å². The molecule has 1 N–H and O–H groups in total. The molecule has 4 heteroatoms. The molecule has 0 fully saturated rings. The van der Waals surface area contributed by atoms with Gasteiger partial charge in [0.1, 0.15) is 16.9 Å². The number of hydrogen-bond acceptors (Lipinski definition) is 2. The van der Waals surface area contributed by atoms with Crippen LogP contribution in [0.5, 0.6) is 5.75 Å². The number of hydrogen-bond donors (Lipinski definition) is 1. The average Bonchev–Trinajstić information content (AvgIpc) is 2.71. The van der Waals surface area contributed by atoms with Crippen LogP contribution in [0.3, 0.4) is 0 Å². The SMILES string of the molecule is CCCNC1c2ccc(Cl)c(Cl)c2OC1CCC.